The molecule has 3 rings (SSSR count). The van der Waals surface area contributed by atoms with Crippen molar-refractivity contribution >= 4 is 11.8 Å². The summed E-state index contributed by atoms with van der Waals surface area (Å²) in [5, 5.41) is 3.81. The van der Waals surface area contributed by atoms with Gasteiger partial charge in [-0.15, -0.1) is 0 Å². The van der Waals surface area contributed by atoms with Crippen LogP contribution in [-0.4, -0.2) is 22.5 Å². The zero-order valence-corrected chi connectivity index (χ0v) is 12.4. The molecular weight excluding hydrogens is 264 g/mol. The van der Waals surface area contributed by atoms with Crippen molar-refractivity contribution in [1.82, 2.24) is 10.3 Å². The van der Waals surface area contributed by atoms with Crippen LogP contribution in [0.15, 0.2) is 54.7 Å². The number of rotatable bonds is 4. The van der Waals surface area contributed by atoms with E-state index in [1.807, 2.05) is 12.3 Å². The minimum absolute atomic E-state index is 0.195. The summed E-state index contributed by atoms with van der Waals surface area (Å²) in [6.45, 7) is 0. The highest BCUT2D eigenvalue weighted by Gasteiger charge is 2.21. The summed E-state index contributed by atoms with van der Waals surface area (Å²) in [5.74, 6) is 2.51. The second kappa shape index (κ2) is 6.91. The maximum absolute atomic E-state index is 4.55. The van der Waals surface area contributed by atoms with Crippen molar-refractivity contribution in [3.05, 3.63) is 66.0 Å². The molecule has 20 heavy (non-hydrogen) atoms. The van der Waals surface area contributed by atoms with Gasteiger partial charge in [0.05, 0.1) is 11.7 Å². The molecule has 1 N–H and O–H groups in total. The molecule has 0 aliphatic carbocycles. The fourth-order valence-corrected chi connectivity index (χ4v) is 3.74. The zero-order valence-electron chi connectivity index (χ0n) is 11.5. The fourth-order valence-electron chi connectivity index (χ4n) is 2.65. The third kappa shape index (κ3) is 3.41. The Morgan fingerprint density at radius 3 is 2.65 bits per heavy atom. The van der Waals surface area contributed by atoms with E-state index in [1.165, 1.54) is 29.9 Å². The predicted molar refractivity (Wildman–Crippen MR) is 86.0 cm³/mol. The van der Waals surface area contributed by atoms with E-state index in [9.17, 15) is 0 Å². The molecule has 2 nitrogen and oxygen atoms in total. The van der Waals surface area contributed by atoms with E-state index in [1.54, 1.807) is 0 Å². The van der Waals surface area contributed by atoms with Crippen molar-refractivity contribution in [3.8, 4) is 0 Å². The third-order valence-electron chi connectivity index (χ3n) is 3.68. The molecule has 1 aromatic heterocycles. The zero-order chi connectivity index (χ0) is 13.6. The Bertz CT molecular complexity index is 470. The molecule has 1 aromatic carbocycles. The summed E-state index contributed by atoms with van der Waals surface area (Å²) in [6, 6.07) is 17.6. The van der Waals surface area contributed by atoms with Crippen molar-refractivity contribution in [2.24, 2.45) is 0 Å². The van der Waals surface area contributed by atoms with Gasteiger partial charge in [0.1, 0.15) is 0 Å². The molecule has 1 fully saturated rings. The molecule has 0 amide bonds. The van der Waals surface area contributed by atoms with Crippen LogP contribution in [0.5, 0.6) is 0 Å². The van der Waals surface area contributed by atoms with Gasteiger partial charge in [0, 0.05) is 18.0 Å². The molecule has 0 saturated carbocycles. The number of hydrogen-bond acceptors (Lipinski definition) is 3. The highest BCUT2D eigenvalue weighted by atomic mass is 32.2. The maximum atomic E-state index is 4.55. The molecular formula is C17H20N2S. The van der Waals surface area contributed by atoms with Crippen LogP contribution in [-0.2, 0) is 0 Å². The standard InChI is InChI=1S/C17H20N2S/c1-2-7-14(8-3-1)17(16-10-4-5-11-18-16)19-15-9-6-12-20-13-15/h1-5,7-8,10-11,15,17,19H,6,9,12-13H2. The van der Waals surface area contributed by atoms with E-state index in [-0.39, 0.29) is 6.04 Å². The summed E-state index contributed by atoms with van der Waals surface area (Å²) in [7, 11) is 0. The number of pyridine rings is 1. The van der Waals surface area contributed by atoms with Crippen LogP contribution in [0.4, 0.5) is 0 Å². The first-order valence-corrected chi connectivity index (χ1v) is 8.38. The number of hydrogen-bond donors (Lipinski definition) is 1. The van der Waals surface area contributed by atoms with E-state index in [0.29, 0.717) is 6.04 Å². The fraction of sp³-hybridized carbons (Fsp3) is 0.353. The average Bonchev–Trinajstić information content (AvgIpc) is 2.55. The van der Waals surface area contributed by atoms with Crippen LogP contribution in [0.3, 0.4) is 0 Å². The number of nitrogens with one attached hydrogen (secondary N) is 1. The summed E-state index contributed by atoms with van der Waals surface area (Å²) >= 11 is 2.05. The van der Waals surface area contributed by atoms with E-state index < -0.39 is 0 Å². The lowest BCUT2D eigenvalue weighted by atomic mass is 10.0. The van der Waals surface area contributed by atoms with Crippen molar-refractivity contribution in [3.63, 3.8) is 0 Å². The Morgan fingerprint density at radius 2 is 1.95 bits per heavy atom. The molecule has 0 spiro atoms. The molecule has 3 heteroatoms. The van der Waals surface area contributed by atoms with Gasteiger partial charge in [-0.2, -0.15) is 11.8 Å². The number of benzene rings is 1. The largest absolute Gasteiger partial charge is 0.301 e. The first-order valence-electron chi connectivity index (χ1n) is 7.23. The van der Waals surface area contributed by atoms with Crippen LogP contribution in [0.25, 0.3) is 0 Å². The van der Waals surface area contributed by atoms with Crippen molar-refractivity contribution < 1.29 is 0 Å². The van der Waals surface area contributed by atoms with Crippen molar-refractivity contribution in [1.29, 1.82) is 0 Å². The topological polar surface area (TPSA) is 24.9 Å². The maximum Gasteiger partial charge on any atom is 0.0753 e. The van der Waals surface area contributed by atoms with Gasteiger partial charge in [0.25, 0.3) is 0 Å². The smallest absolute Gasteiger partial charge is 0.0753 e. The van der Waals surface area contributed by atoms with Crippen molar-refractivity contribution in [2.45, 2.75) is 24.9 Å². The predicted octanol–water partition coefficient (Wildman–Crippen LogP) is 3.66. The molecule has 0 bridgehead atoms. The summed E-state index contributed by atoms with van der Waals surface area (Å²) < 4.78 is 0. The minimum atomic E-state index is 0.195. The molecule has 0 radical (unpaired) electrons. The van der Waals surface area contributed by atoms with E-state index in [2.05, 4.69) is 64.5 Å². The Morgan fingerprint density at radius 1 is 1.10 bits per heavy atom. The summed E-state index contributed by atoms with van der Waals surface area (Å²) in [5.41, 5.74) is 2.40. The normalized spacial score (nSPS) is 20.5. The summed E-state index contributed by atoms with van der Waals surface area (Å²) in [4.78, 5) is 4.55. The van der Waals surface area contributed by atoms with Gasteiger partial charge in [0.2, 0.25) is 0 Å². The Kier molecular flexibility index (Phi) is 4.72. The first-order chi connectivity index (χ1) is 9.93. The lowest BCUT2D eigenvalue weighted by molar-refractivity contribution is 0.463. The molecule has 2 unspecified atom stereocenters. The molecule has 1 saturated heterocycles. The van der Waals surface area contributed by atoms with Gasteiger partial charge < -0.3 is 5.32 Å². The van der Waals surface area contributed by atoms with Crippen LogP contribution in [0.1, 0.15) is 30.1 Å². The van der Waals surface area contributed by atoms with Gasteiger partial charge in [-0.05, 0) is 36.3 Å². The number of aromatic nitrogens is 1. The highest BCUT2D eigenvalue weighted by Crippen LogP contribution is 2.24. The molecule has 1 aliphatic rings. The third-order valence-corrected chi connectivity index (χ3v) is 4.89. The molecule has 2 aromatic rings. The Balaban J connectivity index is 1.83. The Hall–Kier alpha value is -1.32. The van der Waals surface area contributed by atoms with Crippen LogP contribution >= 0.6 is 11.8 Å². The van der Waals surface area contributed by atoms with E-state index >= 15 is 0 Å². The summed E-state index contributed by atoms with van der Waals surface area (Å²) in [6.07, 6.45) is 4.46. The number of nitrogens with zero attached hydrogens (tertiary/aromatic N) is 1. The van der Waals surface area contributed by atoms with E-state index in [0.717, 1.165) is 5.69 Å². The van der Waals surface area contributed by atoms with Crippen LogP contribution < -0.4 is 5.32 Å². The van der Waals surface area contributed by atoms with Gasteiger partial charge in [0.15, 0.2) is 0 Å². The Labute approximate surface area is 125 Å². The lowest BCUT2D eigenvalue weighted by Gasteiger charge is -2.28. The lowest BCUT2D eigenvalue weighted by Crippen LogP contribution is -2.37. The van der Waals surface area contributed by atoms with Crippen molar-refractivity contribution in [2.75, 3.05) is 11.5 Å². The highest BCUT2D eigenvalue weighted by molar-refractivity contribution is 7.99. The van der Waals surface area contributed by atoms with Gasteiger partial charge >= 0.3 is 0 Å². The quantitative estimate of drug-likeness (QED) is 0.927. The van der Waals surface area contributed by atoms with Gasteiger partial charge in [-0.1, -0.05) is 36.4 Å². The van der Waals surface area contributed by atoms with Crippen LogP contribution in [0, 0.1) is 0 Å². The molecule has 2 atom stereocenters. The number of thioether (sulfide) groups is 1. The molecule has 104 valence electrons. The minimum Gasteiger partial charge on any atom is -0.301 e. The first kappa shape index (κ1) is 13.7. The molecule has 2 heterocycles. The second-order valence-corrected chi connectivity index (χ2v) is 6.33. The SMILES string of the molecule is c1ccc(C(NC2CCCSC2)c2ccccn2)cc1. The van der Waals surface area contributed by atoms with Crippen LogP contribution in [0.2, 0.25) is 0 Å². The second-order valence-electron chi connectivity index (χ2n) is 5.18. The average molecular weight is 284 g/mol. The van der Waals surface area contributed by atoms with Gasteiger partial charge in [-0.25, -0.2) is 0 Å². The monoisotopic (exact) mass is 284 g/mol. The van der Waals surface area contributed by atoms with E-state index in [4.69, 9.17) is 0 Å². The molecule has 1 aliphatic heterocycles. The van der Waals surface area contributed by atoms with Gasteiger partial charge in [-0.3, -0.25) is 4.98 Å².